The van der Waals surface area contributed by atoms with E-state index in [2.05, 4.69) is 5.32 Å². The molecule has 0 saturated carbocycles. The molecule has 26 heavy (non-hydrogen) atoms. The van der Waals surface area contributed by atoms with Crippen LogP contribution >= 0.6 is 0 Å². The predicted molar refractivity (Wildman–Crippen MR) is 101 cm³/mol. The van der Waals surface area contributed by atoms with Gasteiger partial charge in [0.1, 0.15) is 5.82 Å². The van der Waals surface area contributed by atoms with Gasteiger partial charge in [0.15, 0.2) is 0 Å². The normalized spacial score (nSPS) is 19.0. The first-order valence-corrected chi connectivity index (χ1v) is 10.3. The minimum Gasteiger partial charge on any atom is -0.313 e. The number of halogens is 1. The SMILES string of the molecule is CS(=O)(=O)OC(Cc1ccccc1)C1CNCC=C1c1ccc(F)cc1. The monoisotopic (exact) mass is 375 g/mol. The maximum atomic E-state index is 13.3. The zero-order valence-electron chi connectivity index (χ0n) is 14.6. The Balaban J connectivity index is 1.93. The molecule has 0 bridgehead atoms. The lowest BCUT2D eigenvalue weighted by atomic mass is 9.83. The van der Waals surface area contributed by atoms with Crippen LogP contribution < -0.4 is 5.32 Å². The van der Waals surface area contributed by atoms with E-state index in [1.165, 1.54) is 12.1 Å². The van der Waals surface area contributed by atoms with Crippen LogP contribution in [0.5, 0.6) is 0 Å². The van der Waals surface area contributed by atoms with Crippen molar-refractivity contribution in [1.82, 2.24) is 5.32 Å². The summed E-state index contributed by atoms with van der Waals surface area (Å²) in [6.45, 7) is 1.27. The van der Waals surface area contributed by atoms with Crippen molar-refractivity contribution < 1.29 is 17.0 Å². The lowest BCUT2D eigenvalue weighted by Crippen LogP contribution is -2.39. The van der Waals surface area contributed by atoms with Gasteiger partial charge in [0.2, 0.25) is 0 Å². The molecule has 2 aromatic carbocycles. The largest absolute Gasteiger partial charge is 0.313 e. The van der Waals surface area contributed by atoms with E-state index in [1.54, 1.807) is 12.1 Å². The van der Waals surface area contributed by atoms with Crippen LogP contribution in [-0.4, -0.2) is 33.9 Å². The van der Waals surface area contributed by atoms with E-state index >= 15 is 0 Å². The molecule has 2 unspecified atom stereocenters. The Hall–Kier alpha value is -2.02. The van der Waals surface area contributed by atoms with Gasteiger partial charge in [-0.25, -0.2) is 4.39 Å². The Morgan fingerprint density at radius 2 is 1.85 bits per heavy atom. The molecule has 4 nitrogen and oxygen atoms in total. The molecule has 0 fully saturated rings. The molecule has 0 aromatic heterocycles. The first-order valence-electron chi connectivity index (χ1n) is 8.51. The van der Waals surface area contributed by atoms with Crippen molar-refractivity contribution in [3.8, 4) is 0 Å². The molecule has 0 radical (unpaired) electrons. The molecule has 1 N–H and O–H groups in total. The number of hydrogen-bond acceptors (Lipinski definition) is 4. The quantitative estimate of drug-likeness (QED) is 0.789. The summed E-state index contributed by atoms with van der Waals surface area (Å²) in [4.78, 5) is 0. The van der Waals surface area contributed by atoms with Crippen LogP contribution in [0.15, 0.2) is 60.7 Å². The fraction of sp³-hybridized carbons (Fsp3) is 0.300. The molecule has 1 aliphatic heterocycles. The molecule has 0 saturated heterocycles. The van der Waals surface area contributed by atoms with E-state index in [0.29, 0.717) is 19.5 Å². The van der Waals surface area contributed by atoms with Gasteiger partial charge in [0, 0.05) is 25.4 Å². The Labute approximate surface area is 153 Å². The zero-order valence-corrected chi connectivity index (χ0v) is 15.4. The summed E-state index contributed by atoms with van der Waals surface area (Å²) in [5, 5.41) is 3.27. The van der Waals surface area contributed by atoms with Crippen molar-refractivity contribution in [2.24, 2.45) is 5.92 Å². The van der Waals surface area contributed by atoms with Gasteiger partial charge in [0.05, 0.1) is 12.4 Å². The topological polar surface area (TPSA) is 55.4 Å². The molecule has 0 spiro atoms. The van der Waals surface area contributed by atoms with Crippen LogP contribution in [0.25, 0.3) is 5.57 Å². The van der Waals surface area contributed by atoms with Crippen molar-refractivity contribution in [2.45, 2.75) is 12.5 Å². The highest BCUT2D eigenvalue weighted by molar-refractivity contribution is 7.86. The number of benzene rings is 2. The van der Waals surface area contributed by atoms with E-state index in [0.717, 1.165) is 23.0 Å². The molecular weight excluding hydrogens is 353 g/mol. The Kier molecular flexibility index (Phi) is 5.86. The lowest BCUT2D eigenvalue weighted by Gasteiger charge is -2.32. The molecule has 0 aliphatic carbocycles. The van der Waals surface area contributed by atoms with E-state index in [-0.39, 0.29) is 11.7 Å². The van der Waals surface area contributed by atoms with E-state index in [4.69, 9.17) is 4.18 Å². The summed E-state index contributed by atoms with van der Waals surface area (Å²) in [6.07, 6.45) is 3.02. The summed E-state index contributed by atoms with van der Waals surface area (Å²) in [6, 6.07) is 15.9. The average Bonchev–Trinajstić information content (AvgIpc) is 2.62. The van der Waals surface area contributed by atoms with E-state index in [1.807, 2.05) is 36.4 Å². The van der Waals surface area contributed by atoms with Crippen molar-refractivity contribution in [2.75, 3.05) is 19.3 Å². The van der Waals surface area contributed by atoms with Crippen LogP contribution in [0.2, 0.25) is 0 Å². The molecule has 138 valence electrons. The maximum Gasteiger partial charge on any atom is 0.264 e. The van der Waals surface area contributed by atoms with Gasteiger partial charge in [-0.1, -0.05) is 48.5 Å². The first-order chi connectivity index (χ1) is 12.4. The molecule has 2 aromatic rings. The third-order valence-electron chi connectivity index (χ3n) is 4.43. The van der Waals surface area contributed by atoms with Crippen molar-refractivity contribution >= 4 is 15.7 Å². The molecule has 3 rings (SSSR count). The van der Waals surface area contributed by atoms with Gasteiger partial charge < -0.3 is 5.32 Å². The third-order valence-corrected chi connectivity index (χ3v) is 5.03. The van der Waals surface area contributed by atoms with Crippen LogP contribution in [0.4, 0.5) is 4.39 Å². The Morgan fingerprint density at radius 3 is 2.50 bits per heavy atom. The third kappa shape index (κ3) is 5.00. The maximum absolute atomic E-state index is 13.3. The van der Waals surface area contributed by atoms with Crippen LogP contribution in [-0.2, 0) is 20.7 Å². The van der Waals surface area contributed by atoms with Crippen molar-refractivity contribution in [1.29, 1.82) is 0 Å². The summed E-state index contributed by atoms with van der Waals surface area (Å²) >= 11 is 0. The van der Waals surface area contributed by atoms with Gasteiger partial charge in [-0.05, 0) is 28.8 Å². The Morgan fingerprint density at radius 1 is 1.15 bits per heavy atom. The number of hydrogen-bond donors (Lipinski definition) is 1. The van der Waals surface area contributed by atoms with Gasteiger partial charge in [-0.3, -0.25) is 4.18 Å². The smallest absolute Gasteiger partial charge is 0.264 e. The molecular formula is C20H22FNO3S. The lowest BCUT2D eigenvalue weighted by molar-refractivity contribution is 0.167. The summed E-state index contributed by atoms with van der Waals surface area (Å²) in [7, 11) is -3.62. The van der Waals surface area contributed by atoms with Gasteiger partial charge in [0.25, 0.3) is 10.1 Å². The summed E-state index contributed by atoms with van der Waals surface area (Å²) < 4.78 is 42.5. The van der Waals surface area contributed by atoms with Gasteiger partial charge >= 0.3 is 0 Å². The molecule has 6 heteroatoms. The Bertz CT molecular complexity index is 864. The van der Waals surface area contributed by atoms with Gasteiger partial charge in [-0.15, -0.1) is 0 Å². The average molecular weight is 375 g/mol. The van der Waals surface area contributed by atoms with Crippen molar-refractivity contribution in [3.05, 3.63) is 77.6 Å². The first kappa shape index (κ1) is 18.8. The molecule has 1 heterocycles. The van der Waals surface area contributed by atoms with E-state index < -0.39 is 16.2 Å². The standard InChI is InChI=1S/C20H22FNO3S/c1-26(23,24)25-20(13-15-5-3-2-4-6-15)19-14-22-12-11-18(19)16-7-9-17(21)10-8-16/h2-11,19-20,22H,12-14H2,1H3. The second-order valence-corrected chi connectivity index (χ2v) is 8.06. The molecule has 1 aliphatic rings. The summed E-state index contributed by atoms with van der Waals surface area (Å²) in [5.74, 6) is -0.461. The van der Waals surface area contributed by atoms with Crippen LogP contribution in [0, 0.1) is 11.7 Å². The minimum absolute atomic E-state index is 0.163. The molecule has 2 atom stereocenters. The fourth-order valence-corrected chi connectivity index (χ4v) is 3.95. The summed E-state index contributed by atoms with van der Waals surface area (Å²) in [5.41, 5.74) is 2.87. The predicted octanol–water partition coefficient (Wildman–Crippen LogP) is 3.02. The highest BCUT2D eigenvalue weighted by Crippen LogP contribution is 2.31. The molecule has 0 amide bonds. The van der Waals surface area contributed by atoms with Crippen LogP contribution in [0.3, 0.4) is 0 Å². The zero-order chi connectivity index (χ0) is 18.6. The second-order valence-electron chi connectivity index (χ2n) is 6.46. The van der Waals surface area contributed by atoms with Crippen molar-refractivity contribution in [3.63, 3.8) is 0 Å². The number of rotatable bonds is 6. The fourth-order valence-electron chi connectivity index (χ4n) is 3.30. The van der Waals surface area contributed by atoms with Gasteiger partial charge in [-0.2, -0.15) is 8.42 Å². The number of nitrogens with one attached hydrogen (secondary N) is 1. The van der Waals surface area contributed by atoms with Crippen LogP contribution in [0.1, 0.15) is 11.1 Å². The highest BCUT2D eigenvalue weighted by atomic mass is 32.2. The minimum atomic E-state index is -3.62. The van der Waals surface area contributed by atoms with E-state index in [9.17, 15) is 12.8 Å². The second kappa shape index (κ2) is 8.12. The highest BCUT2D eigenvalue weighted by Gasteiger charge is 2.31.